The number of esters is 1. The number of carbonyl (C=O) groups is 1. The van der Waals surface area contributed by atoms with E-state index in [0.717, 1.165) is 23.8 Å². The first-order valence-electron chi connectivity index (χ1n) is 16.7. The van der Waals surface area contributed by atoms with Crippen LogP contribution in [0.2, 0.25) is 0 Å². The first-order valence-corrected chi connectivity index (χ1v) is 18.2. The summed E-state index contributed by atoms with van der Waals surface area (Å²) in [6.07, 6.45) is 2.51. The van der Waals surface area contributed by atoms with Crippen LogP contribution in [0, 0.1) is 18.8 Å². The van der Waals surface area contributed by atoms with Gasteiger partial charge in [-0.1, -0.05) is 42.2 Å². The molecule has 272 valence electrons. The van der Waals surface area contributed by atoms with Gasteiger partial charge in [-0.25, -0.2) is 4.98 Å². The highest BCUT2D eigenvalue weighted by Crippen LogP contribution is 2.41. The fraction of sp³-hybridized carbons (Fsp3) is 0.471. The molecule has 0 aliphatic carbocycles. The topological polar surface area (TPSA) is 206 Å². The number of rotatable bonds is 11. The summed E-state index contributed by atoms with van der Waals surface area (Å²) < 4.78 is 31.8. The molecule has 2 fully saturated rings. The number of piperazine rings is 1. The van der Waals surface area contributed by atoms with Crippen molar-refractivity contribution >= 4 is 30.7 Å². The van der Waals surface area contributed by atoms with Gasteiger partial charge in [0.15, 0.2) is 5.65 Å². The first-order chi connectivity index (χ1) is 24.4. The van der Waals surface area contributed by atoms with Crippen molar-refractivity contribution in [2.24, 2.45) is 0 Å². The number of anilines is 1. The molecule has 3 unspecified atom stereocenters. The van der Waals surface area contributed by atoms with E-state index >= 15 is 0 Å². The Hall–Kier alpha value is -4.33. The molecule has 0 saturated carbocycles. The minimum Gasteiger partial charge on any atom is -0.761 e. The number of aliphatic hydroxyl groups excluding tert-OH is 1. The highest BCUT2D eigenvalue weighted by molar-refractivity contribution is 7.49. The van der Waals surface area contributed by atoms with Gasteiger partial charge in [0.25, 0.3) is 5.56 Å². The Morgan fingerprint density at radius 2 is 1.94 bits per heavy atom. The molecule has 6 rings (SSSR count). The maximum atomic E-state index is 12.9. The molecular weight excluding hydrogens is 679 g/mol. The van der Waals surface area contributed by atoms with Crippen molar-refractivity contribution in [2.45, 2.75) is 63.1 Å². The zero-order valence-corrected chi connectivity index (χ0v) is 29.6. The van der Waals surface area contributed by atoms with Gasteiger partial charge in [-0.15, -0.1) is 0 Å². The monoisotopic (exact) mass is 721 g/mol. The van der Waals surface area contributed by atoms with Gasteiger partial charge in [-0.05, 0) is 33.0 Å². The van der Waals surface area contributed by atoms with Gasteiger partial charge >= 0.3 is 5.97 Å². The quantitative estimate of drug-likeness (QED) is 0.113. The molecule has 6 atom stereocenters. The number of benzene rings is 1. The fourth-order valence-corrected chi connectivity index (χ4v) is 7.58. The lowest BCUT2D eigenvalue weighted by molar-refractivity contribution is -0.205. The standard InChI is InChI=1S/C34H43N8O8P/c1-22-36-13-14-42(22)51(46,47)49-21-28-27(43)16-29(50-28)41-17-24(31-32(41)37-34(35)38-33(31)45)11-7-8-12-30(44)48-20-26-19-39(2)25(18-40(26)3)15-23-9-5-4-6-10-23/h4-6,9-10,13-14,17,25-29,43H,8,12,15-16,18-21H2,1-3H3,(H,46,47)(H3,35,37,38,45)/p-1/t25?,26?,27-,28-,29-/m1/s1. The molecule has 17 heteroatoms. The van der Waals surface area contributed by atoms with Crippen molar-refractivity contribution in [1.82, 2.24) is 33.7 Å². The van der Waals surface area contributed by atoms with Crippen LogP contribution in [0.15, 0.2) is 53.7 Å². The average Bonchev–Trinajstić information content (AvgIpc) is 3.80. The summed E-state index contributed by atoms with van der Waals surface area (Å²) in [4.78, 5) is 53.4. The van der Waals surface area contributed by atoms with E-state index in [1.54, 1.807) is 6.20 Å². The Morgan fingerprint density at radius 1 is 1.20 bits per heavy atom. The van der Waals surface area contributed by atoms with Crippen molar-refractivity contribution in [3.8, 4) is 11.8 Å². The minimum atomic E-state index is -4.53. The number of hydrogen-bond acceptors (Lipinski definition) is 13. The molecule has 0 radical (unpaired) electrons. The van der Waals surface area contributed by atoms with Crippen LogP contribution < -0.4 is 16.2 Å². The van der Waals surface area contributed by atoms with Gasteiger partial charge in [0.2, 0.25) is 13.7 Å². The van der Waals surface area contributed by atoms with Crippen LogP contribution in [-0.4, -0.2) is 109 Å². The van der Waals surface area contributed by atoms with Crippen LogP contribution >= 0.6 is 7.75 Å². The number of H-pyrrole nitrogens is 1. The Morgan fingerprint density at radius 3 is 2.69 bits per heavy atom. The summed E-state index contributed by atoms with van der Waals surface area (Å²) in [5.41, 5.74) is 7.11. The molecular formula is C34H42N8O8P-. The van der Waals surface area contributed by atoms with Crippen LogP contribution in [-0.2, 0) is 29.8 Å². The number of nitrogens with zero attached hydrogens (tertiary/aromatic N) is 6. The molecule has 2 saturated heterocycles. The number of ether oxygens (including phenoxy) is 2. The summed E-state index contributed by atoms with van der Waals surface area (Å²) in [5.74, 6) is 5.64. The van der Waals surface area contributed by atoms with Gasteiger partial charge in [0.05, 0.1) is 36.1 Å². The molecule has 16 nitrogen and oxygen atoms in total. The van der Waals surface area contributed by atoms with E-state index in [9.17, 15) is 24.2 Å². The molecule has 2 aliphatic rings. The number of fused-ring (bicyclic) bond motifs is 1. The predicted molar refractivity (Wildman–Crippen MR) is 185 cm³/mol. The fourth-order valence-electron chi connectivity index (χ4n) is 6.49. The average molecular weight is 722 g/mol. The molecule has 51 heavy (non-hydrogen) atoms. The second-order valence-corrected chi connectivity index (χ2v) is 14.6. The lowest BCUT2D eigenvalue weighted by atomic mass is 10.0. The van der Waals surface area contributed by atoms with Crippen molar-refractivity contribution in [3.63, 3.8) is 0 Å². The van der Waals surface area contributed by atoms with Crippen molar-refractivity contribution < 1.29 is 33.4 Å². The Balaban J connectivity index is 1.05. The van der Waals surface area contributed by atoms with E-state index in [1.807, 2.05) is 6.07 Å². The lowest BCUT2D eigenvalue weighted by Crippen LogP contribution is -2.57. The minimum absolute atomic E-state index is 0.0534. The van der Waals surface area contributed by atoms with Crippen molar-refractivity contribution in [2.75, 3.05) is 46.1 Å². The number of nitrogens with two attached hydrogens (primary N) is 1. The SMILES string of the molecule is Cc1nccn1P(=O)([O-])OC[C@H]1O[C@@H](n2cc(C#CCCC(=O)OCC3CN(C)C(Cc4ccccc4)CN3C)c3c(=O)[nH]c(N)nc32)C[C@H]1O. The number of nitrogen functional groups attached to an aromatic ring is 1. The number of carbonyl (C=O) groups excluding carboxylic acids is 1. The molecule has 0 spiro atoms. The molecule has 4 aromatic rings. The number of aliphatic hydroxyl groups is 1. The van der Waals surface area contributed by atoms with Crippen LogP contribution in [0.4, 0.5) is 5.95 Å². The highest BCUT2D eigenvalue weighted by atomic mass is 31.2. The predicted octanol–water partition coefficient (Wildman–Crippen LogP) is 1.03. The van der Waals surface area contributed by atoms with Crippen molar-refractivity contribution in [1.29, 1.82) is 0 Å². The molecule has 4 N–H and O–H groups in total. The molecule has 2 aliphatic heterocycles. The van der Waals surface area contributed by atoms with Crippen LogP contribution in [0.25, 0.3) is 11.0 Å². The third-order valence-corrected chi connectivity index (χ3v) is 10.8. The van der Waals surface area contributed by atoms with Gasteiger partial charge in [-0.2, -0.15) is 4.98 Å². The Bertz CT molecular complexity index is 2020. The summed E-state index contributed by atoms with van der Waals surface area (Å²) >= 11 is 0. The summed E-state index contributed by atoms with van der Waals surface area (Å²) in [6, 6.07) is 10.8. The van der Waals surface area contributed by atoms with Crippen molar-refractivity contribution in [3.05, 3.63) is 76.2 Å². The first kappa shape index (κ1) is 36.5. The number of aromatic amines is 1. The normalized spacial score (nSPS) is 23.9. The second kappa shape index (κ2) is 15.5. The summed E-state index contributed by atoms with van der Waals surface area (Å²) in [6.45, 7) is 2.98. The van der Waals surface area contributed by atoms with Gasteiger partial charge in [-0.3, -0.25) is 28.4 Å². The van der Waals surface area contributed by atoms with Crippen LogP contribution in [0.5, 0.6) is 0 Å². The van der Waals surface area contributed by atoms with Gasteiger partial charge < -0.3 is 39.2 Å². The second-order valence-electron chi connectivity index (χ2n) is 13.0. The third-order valence-electron chi connectivity index (χ3n) is 9.35. The van der Waals surface area contributed by atoms with E-state index in [0.29, 0.717) is 11.6 Å². The van der Waals surface area contributed by atoms with Gasteiger partial charge in [0, 0.05) is 50.6 Å². The molecule has 3 aromatic heterocycles. The van der Waals surface area contributed by atoms with E-state index in [2.05, 4.69) is 75.0 Å². The number of likely N-dealkylation sites (N-methyl/N-ethyl adjacent to an activating group) is 2. The Labute approximate surface area is 294 Å². The zero-order chi connectivity index (χ0) is 36.3. The van der Waals surface area contributed by atoms with E-state index < -0.39 is 38.3 Å². The lowest BCUT2D eigenvalue weighted by Gasteiger charge is -2.43. The largest absolute Gasteiger partial charge is 0.761 e. The number of aryl methyl sites for hydroxylation is 1. The summed E-state index contributed by atoms with van der Waals surface area (Å²) in [5, 5.41) is 10.9. The number of hydrogen-bond donors (Lipinski definition) is 3. The van der Waals surface area contributed by atoms with E-state index in [-0.39, 0.29) is 60.7 Å². The number of imidazole rings is 1. The maximum Gasteiger partial charge on any atom is 0.306 e. The van der Waals surface area contributed by atoms with E-state index in [1.165, 1.54) is 29.4 Å². The smallest absolute Gasteiger partial charge is 0.306 e. The number of nitrogens with one attached hydrogen (secondary N) is 1. The van der Waals surface area contributed by atoms with Crippen LogP contribution in [0.1, 0.15) is 42.4 Å². The molecule has 1 aromatic carbocycles. The van der Waals surface area contributed by atoms with E-state index in [4.69, 9.17) is 19.7 Å². The zero-order valence-electron chi connectivity index (χ0n) is 28.7. The molecule has 0 bridgehead atoms. The highest BCUT2D eigenvalue weighted by Gasteiger charge is 2.37. The van der Waals surface area contributed by atoms with Gasteiger partial charge in [0.1, 0.15) is 24.8 Å². The maximum absolute atomic E-state index is 12.9. The Kier molecular flexibility index (Phi) is 11.1. The third kappa shape index (κ3) is 8.43. The molecule has 0 amide bonds. The molecule has 5 heterocycles. The summed E-state index contributed by atoms with van der Waals surface area (Å²) in [7, 11) is -0.380. The number of aromatic nitrogens is 5. The van der Waals surface area contributed by atoms with Crippen LogP contribution in [0.3, 0.4) is 0 Å².